The fraction of sp³-hybridized carbons (Fsp3) is 0.222. The minimum Gasteiger partial charge on any atom is -0.375 e. The molecule has 1 N–H and O–H groups in total. The molecule has 0 aliphatic heterocycles. The van der Waals surface area contributed by atoms with Crippen molar-refractivity contribution in [2.24, 2.45) is 0 Å². The zero-order chi connectivity index (χ0) is 12.1. The van der Waals surface area contributed by atoms with Crippen molar-refractivity contribution in [3.05, 3.63) is 33.3 Å². The molecule has 0 spiro atoms. The van der Waals surface area contributed by atoms with Gasteiger partial charge >= 0.3 is 0 Å². The first-order valence-electron chi connectivity index (χ1n) is 4.27. The Morgan fingerprint density at radius 2 is 2.31 bits per heavy atom. The van der Waals surface area contributed by atoms with E-state index in [2.05, 4.69) is 10.1 Å². The number of hydrogen-bond acceptors (Lipinski definition) is 4. The summed E-state index contributed by atoms with van der Waals surface area (Å²) in [5, 5.41) is 13.3. The van der Waals surface area contributed by atoms with Crippen LogP contribution in [0.1, 0.15) is 0 Å². The second-order valence-electron chi connectivity index (χ2n) is 2.90. The van der Waals surface area contributed by atoms with Gasteiger partial charge in [0.25, 0.3) is 11.6 Å². The van der Waals surface area contributed by atoms with Gasteiger partial charge < -0.3 is 10.1 Å². The minimum absolute atomic E-state index is 0.0939. The number of nitrogens with zero attached hydrogens (tertiary/aromatic N) is 1. The van der Waals surface area contributed by atoms with Crippen LogP contribution >= 0.6 is 11.6 Å². The highest BCUT2D eigenvalue weighted by Crippen LogP contribution is 2.27. The molecule has 7 heteroatoms. The Balaban J connectivity index is 2.95. The first-order valence-corrected chi connectivity index (χ1v) is 4.65. The Bertz CT molecular complexity index is 422. The minimum atomic E-state index is -0.617. The molecule has 0 fully saturated rings. The number of anilines is 1. The molecule has 16 heavy (non-hydrogen) atoms. The number of halogens is 1. The number of nitro groups is 1. The van der Waals surface area contributed by atoms with Crippen molar-refractivity contribution in [3.8, 4) is 0 Å². The Morgan fingerprint density at radius 3 is 2.88 bits per heavy atom. The van der Waals surface area contributed by atoms with Gasteiger partial charge in [0.2, 0.25) is 0 Å². The summed E-state index contributed by atoms with van der Waals surface area (Å²) in [5.41, 5.74) is -0.159. The van der Waals surface area contributed by atoms with Gasteiger partial charge in [0.1, 0.15) is 12.3 Å². The molecule has 0 bridgehead atoms. The molecular formula is C9H9ClN2O4. The lowest BCUT2D eigenvalue weighted by molar-refractivity contribution is -0.383. The lowest BCUT2D eigenvalue weighted by Crippen LogP contribution is -2.17. The predicted molar refractivity (Wildman–Crippen MR) is 58.6 cm³/mol. The summed E-state index contributed by atoms with van der Waals surface area (Å²) >= 11 is 5.62. The highest BCUT2D eigenvalue weighted by atomic mass is 35.5. The van der Waals surface area contributed by atoms with E-state index in [1.165, 1.54) is 25.3 Å². The van der Waals surface area contributed by atoms with Gasteiger partial charge in [0, 0.05) is 18.2 Å². The maximum atomic E-state index is 11.2. The number of hydrogen-bond donors (Lipinski definition) is 1. The fourth-order valence-corrected chi connectivity index (χ4v) is 1.25. The molecule has 86 valence electrons. The quantitative estimate of drug-likeness (QED) is 0.647. The number of rotatable bonds is 4. The molecule has 0 radical (unpaired) electrons. The molecule has 0 unspecified atom stereocenters. The third-order valence-corrected chi connectivity index (χ3v) is 1.94. The second kappa shape index (κ2) is 5.43. The molecular weight excluding hydrogens is 236 g/mol. The number of nitrogens with one attached hydrogen (secondary N) is 1. The summed E-state index contributed by atoms with van der Waals surface area (Å²) in [7, 11) is 1.36. The lowest BCUT2D eigenvalue weighted by Gasteiger charge is -2.05. The highest BCUT2D eigenvalue weighted by Gasteiger charge is 2.16. The third-order valence-electron chi connectivity index (χ3n) is 1.71. The maximum Gasteiger partial charge on any atom is 0.294 e. The van der Waals surface area contributed by atoms with E-state index < -0.39 is 10.8 Å². The van der Waals surface area contributed by atoms with E-state index in [0.717, 1.165) is 0 Å². The van der Waals surface area contributed by atoms with Gasteiger partial charge in [-0.1, -0.05) is 11.6 Å². The Kier molecular flexibility index (Phi) is 4.21. The Morgan fingerprint density at radius 1 is 1.62 bits per heavy atom. The van der Waals surface area contributed by atoms with E-state index in [0.29, 0.717) is 0 Å². The van der Waals surface area contributed by atoms with E-state index in [9.17, 15) is 14.9 Å². The van der Waals surface area contributed by atoms with E-state index >= 15 is 0 Å². The van der Waals surface area contributed by atoms with Crippen LogP contribution in [0.3, 0.4) is 0 Å². The topological polar surface area (TPSA) is 81.5 Å². The molecule has 1 rings (SSSR count). The van der Waals surface area contributed by atoms with Crippen LogP contribution in [-0.4, -0.2) is 24.5 Å². The van der Waals surface area contributed by atoms with Crippen LogP contribution in [0.2, 0.25) is 5.02 Å². The monoisotopic (exact) mass is 244 g/mol. The van der Waals surface area contributed by atoms with Gasteiger partial charge in [-0.3, -0.25) is 14.9 Å². The molecule has 1 aromatic rings. The molecule has 0 heterocycles. The number of nitro benzene ring substituents is 1. The molecule has 1 amide bonds. The van der Waals surface area contributed by atoms with Crippen LogP contribution in [0.5, 0.6) is 0 Å². The largest absolute Gasteiger partial charge is 0.375 e. The van der Waals surface area contributed by atoms with Crippen LogP contribution < -0.4 is 5.32 Å². The van der Waals surface area contributed by atoms with Crippen molar-refractivity contribution < 1.29 is 14.5 Å². The molecule has 0 saturated heterocycles. The normalized spacial score (nSPS) is 9.88. The standard InChI is InChI=1S/C9H9ClN2O4/c1-16-5-9(13)11-7-3-2-6(10)4-8(7)12(14)15/h2-4H,5H2,1H3,(H,11,13). The van der Waals surface area contributed by atoms with Gasteiger partial charge in [-0.05, 0) is 12.1 Å². The van der Waals surface area contributed by atoms with Gasteiger partial charge in [-0.25, -0.2) is 0 Å². The Labute approximate surface area is 96.3 Å². The molecule has 0 aromatic heterocycles. The second-order valence-corrected chi connectivity index (χ2v) is 3.34. The van der Waals surface area contributed by atoms with Gasteiger partial charge in [-0.2, -0.15) is 0 Å². The van der Waals surface area contributed by atoms with Crippen molar-refractivity contribution in [1.29, 1.82) is 0 Å². The molecule has 1 aromatic carbocycles. The van der Waals surface area contributed by atoms with Crippen molar-refractivity contribution in [1.82, 2.24) is 0 Å². The average Bonchev–Trinajstić information content (AvgIpc) is 2.20. The van der Waals surface area contributed by atoms with Crippen molar-refractivity contribution in [2.45, 2.75) is 0 Å². The first kappa shape index (κ1) is 12.4. The third kappa shape index (κ3) is 3.18. The fourth-order valence-electron chi connectivity index (χ4n) is 1.08. The van der Waals surface area contributed by atoms with Crippen LogP contribution in [0.25, 0.3) is 0 Å². The smallest absolute Gasteiger partial charge is 0.294 e. The number of ether oxygens (including phenoxy) is 1. The Hall–Kier alpha value is -1.66. The summed E-state index contributed by atoms with van der Waals surface area (Å²) in [4.78, 5) is 21.2. The number of amides is 1. The number of methoxy groups -OCH3 is 1. The van der Waals surface area contributed by atoms with E-state index in [-0.39, 0.29) is 23.0 Å². The first-order chi connectivity index (χ1) is 7.54. The van der Waals surface area contributed by atoms with Gasteiger partial charge in [0.05, 0.1) is 4.92 Å². The van der Waals surface area contributed by atoms with Crippen LogP contribution in [0.4, 0.5) is 11.4 Å². The zero-order valence-corrected chi connectivity index (χ0v) is 9.15. The molecule has 0 atom stereocenters. The summed E-state index contributed by atoms with van der Waals surface area (Å²) in [6.45, 7) is -0.167. The van der Waals surface area contributed by atoms with Crippen LogP contribution in [-0.2, 0) is 9.53 Å². The average molecular weight is 245 g/mol. The predicted octanol–water partition coefficient (Wildman–Crippen LogP) is 1.83. The van der Waals surface area contributed by atoms with Crippen molar-refractivity contribution >= 4 is 28.9 Å². The van der Waals surface area contributed by atoms with Gasteiger partial charge in [0.15, 0.2) is 0 Å². The SMILES string of the molecule is COCC(=O)Nc1ccc(Cl)cc1[N+](=O)[O-]. The molecule has 0 aliphatic rings. The maximum absolute atomic E-state index is 11.2. The van der Waals surface area contributed by atoms with E-state index in [4.69, 9.17) is 11.6 Å². The van der Waals surface area contributed by atoms with Crippen molar-refractivity contribution in [3.63, 3.8) is 0 Å². The summed E-state index contributed by atoms with van der Waals surface area (Å²) in [5.74, 6) is -0.465. The molecule has 0 saturated carbocycles. The zero-order valence-electron chi connectivity index (χ0n) is 8.40. The summed E-state index contributed by atoms with van der Waals surface area (Å²) in [6.07, 6.45) is 0. The molecule has 0 aliphatic carbocycles. The highest BCUT2D eigenvalue weighted by molar-refractivity contribution is 6.31. The number of carbonyl (C=O) groups is 1. The summed E-state index contributed by atoms with van der Waals surface area (Å²) < 4.78 is 4.59. The summed E-state index contributed by atoms with van der Waals surface area (Å²) in [6, 6.07) is 4.00. The van der Waals surface area contributed by atoms with Crippen LogP contribution in [0, 0.1) is 10.1 Å². The molecule has 6 nitrogen and oxygen atoms in total. The van der Waals surface area contributed by atoms with E-state index in [1.54, 1.807) is 0 Å². The number of carbonyl (C=O) groups excluding carboxylic acids is 1. The lowest BCUT2D eigenvalue weighted by atomic mass is 10.2. The number of benzene rings is 1. The van der Waals surface area contributed by atoms with E-state index in [1.807, 2.05) is 0 Å². The van der Waals surface area contributed by atoms with Crippen LogP contribution in [0.15, 0.2) is 18.2 Å². The van der Waals surface area contributed by atoms with Gasteiger partial charge in [-0.15, -0.1) is 0 Å². The van der Waals surface area contributed by atoms with Crippen molar-refractivity contribution in [2.75, 3.05) is 19.0 Å².